The summed E-state index contributed by atoms with van der Waals surface area (Å²) in [6.45, 7) is 7.54. The quantitative estimate of drug-likeness (QED) is 0.574. The van der Waals surface area contributed by atoms with E-state index in [4.69, 9.17) is 0 Å². The highest BCUT2D eigenvalue weighted by molar-refractivity contribution is 5.82. The number of piperidine rings is 1. The third-order valence-electron chi connectivity index (χ3n) is 9.44. The number of carbonyl (C=O) groups is 2. The Morgan fingerprint density at radius 3 is 2.53 bits per heavy atom. The van der Waals surface area contributed by atoms with E-state index in [1.165, 1.54) is 6.42 Å². The summed E-state index contributed by atoms with van der Waals surface area (Å²) in [6, 6.07) is 0.560. The first kappa shape index (κ1) is 24.4. The molecule has 34 heavy (non-hydrogen) atoms. The van der Waals surface area contributed by atoms with Gasteiger partial charge in [0.2, 0.25) is 11.8 Å². The fourth-order valence-electron chi connectivity index (χ4n) is 7.36. The van der Waals surface area contributed by atoms with E-state index in [-0.39, 0.29) is 35.9 Å². The minimum atomic E-state index is -0.773. The lowest BCUT2D eigenvalue weighted by molar-refractivity contribution is -0.138. The molecule has 0 aromatic rings. The Morgan fingerprint density at radius 1 is 0.971 bits per heavy atom. The van der Waals surface area contributed by atoms with Gasteiger partial charge in [-0.05, 0) is 70.3 Å². The van der Waals surface area contributed by atoms with E-state index in [1.54, 1.807) is 0 Å². The molecule has 192 valence electrons. The van der Waals surface area contributed by atoms with Crippen LogP contribution < -0.4 is 16.0 Å². The molecule has 0 spiro atoms. The minimum Gasteiger partial charge on any atom is -0.352 e. The first-order chi connectivity index (χ1) is 16.5. The largest absolute Gasteiger partial charge is 0.352 e. The second-order valence-electron chi connectivity index (χ2n) is 11.6. The van der Waals surface area contributed by atoms with Crippen molar-refractivity contribution in [2.45, 2.75) is 95.1 Å². The lowest BCUT2D eigenvalue weighted by atomic mass is 9.77. The van der Waals surface area contributed by atoms with Crippen LogP contribution in [0.25, 0.3) is 0 Å². The summed E-state index contributed by atoms with van der Waals surface area (Å²) < 4.78 is 14.4. The molecule has 2 amide bonds. The molecular formula is C26H44FN5O2. The summed E-state index contributed by atoms with van der Waals surface area (Å²) in [5.74, 6) is 0.972. The summed E-state index contributed by atoms with van der Waals surface area (Å²) in [5.41, 5.74) is 0. The van der Waals surface area contributed by atoms with Gasteiger partial charge in [0, 0.05) is 56.8 Å². The van der Waals surface area contributed by atoms with Crippen LogP contribution in [0.4, 0.5) is 4.39 Å². The lowest BCUT2D eigenvalue weighted by Gasteiger charge is -2.43. The van der Waals surface area contributed by atoms with Crippen LogP contribution in [-0.4, -0.2) is 91.2 Å². The molecule has 8 atom stereocenters. The normalized spacial score (nSPS) is 41.6. The molecule has 3 N–H and O–H groups in total. The summed E-state index contributed by atoms with van der Waals surface area (Å²) in [4.78, 5) is 30.5. The van der Waals surface area contributed by atoms with Crippen LogP contribution in [-0.2, 0) is 9.59 Å². The maximum Gasteiger partial charge on any atom is 0.237 e. The molecule has 8 unspecified atom stereocenters. The molecular weight excluding hydrogens is 433 g/mol. The summed E-state index contributed by atoms with van der Waals surface area (Å²) in [7, 11) is 0. The monoisotopic (exact) mass is 477 g/mol. The average Bonchev–Trinajstić information content (AvgIpc) is 3.34. The number of rotatable bonds is 4. The van der Waals surface area contributed by atoms with E-state index >= 15 is 0 Å². The standard InChI is InChI=1S/C26H44FN5O2/c1-17-7-8-22(27)21-15-23(30-24(17)21)25(33)29-19-5-2-6-20(14-19)31-10-12-32(13-11-31)26(34)18-4-3-9-28-16-18/h17-24,28,30H,2-16H2,1H3,(H,29,33). The summed E-state index contributed by atoms with van der Waals surface area (Å²) in [6.07, 6.45) is 7.80. The fraction of sp³-hybridized carbons (Fsp3) is 0.923. The van der Waals surface area contributed by atoms with E-state index in [2.05, 4.69) is 32.7 Å². The zero-order valence-electron chi connectivity index (χ0n) is 20.8. The van der Waals surface area contributed by atoms with E-state index in [1.807, 2.05) is 0 Å². The molecule has 7 nitrogen and oxygen atoms in total. The molecule has 5 rings (SSSR count). The van der Waals surface area contributed by atoms with Gasteiger partial charge in [0.25, 0.3) is 0 Å². The molecule has 5 fully saturated rings. The Balaban J connectivity index is 1.08. The second-order valence-corrected chi connectivity index (χ2v) is 11.6. The molecule has 0 aromatic carbocycles. The topological polar surface area (TPSA) is 76.7 Å². The van der Waals surface area contributed by atoms with Gasteiger partial charge in [-0.1, -0.05) is 6.92 Å². The number of hydrogen-bond acceptors (Lipinski definition) is 5. The van der Waals surface area contributed by atoms with Gasteiger partial charge in [0.05, 0.1) is 12.0 Å². The van der Waals surface area contributed by atoms with Crippen LogP contribution in [0.1, 0.15) is 64.7 Å². The van der Waals surface area contributed by atoms with Gasteiger partial charge in [0.15, 0.2) is 0 Å². The van der Waals surface area contributed by atoms with Gasteiger partial charge >= 0.3 is 0 Å². The molecule has 5 aliphatic rings. The number of alkyl halides is 1. The van der Waals surface area contributed by atoms with Crippen molar-refractivity contribution in [1.29, 1.82) is 0 Å². The molecule has 2 aliphatic carbocycles. The Bertz CT molecular complexity index is 706. The Hall–Kier alpha value is -1.25. The molecule has 2 saturated carbocycles. The van der Waals surface area contributed by atoms with E-state index in [0.717, 1.165) is 77.8 Å². The summed E-state index contributed by atoms with van der Waals surface area (Å²) >= 11 is 0. The zero-order chi connectivity index (χ0) is 23.7. The van der Waals surface area contributed by atoms with E-state index < -0.39 is 6.17 Å². The molecule has 0 bridgehead atoms. The number of halogens is 1. The summed E-state index contributed by atoms with van der Waals surface area (Å²) in [5, 5.41) is 10.2. The highest BCUT2D eigenvalue weighted by Gasteiger charge is 2.46. The van der Waals surface area contributed by atoms with Gasteiger partial charge in [-0.3, -0.25) is 14.5 Å². The Labute approximate surface area is 203 Å². The van der Waals surface area contributed by atoms with Crippen LogP contribution in [0.15, 0.2) is 0 Å². The number of piperazine rings is 1. The van der Waals surface area contributed by atoms with Crippen molar-refractivity contribution in [3.05, 3.63) is 0 Å². The van der Waals surface area contributed by atoms with Crippen molar-refractivity contribution in [3.63, 3.8) is 0 Å². The Morgan fingerprint density at radius 2 is 1.79 bits per heavy atom. The van der Waals surface area contributed by atoms with Gasteiger partial charge in [-0.25, -0.2) is 4.39 Å². The highest BCUT2D eigenvalue weighted by Crippen LogP contribution is 2.38. The van der Waals surface area contributed by atoms with Crippen molar-refractivity contribution in [3.8, 4) is 0 Å². The smallest absolute Gasteiger partial charge is 0.237 e. The number of carbonyl (C=O) groups excluding carboxylic acids is 2. The van der Waals surface area contributed by atoms with Crippen LogP contribution in [0, 0.1) is 17.8 Å². The van der Waals surface area contributed by atoms with Gasteiger partial charge in [-0.15, -0.1) is 0 Å². The molecule has 3 aliphatic heterocycles. The fourth-order valence-corrected chi connectivity index (χ4v) is 7.36. The number of nitrogens with zero attached hydrogens (tertiary/aromatic N) is 2. The molecule has 3 saturated heterocycles. The van der Waals surface area contributed by atoms with Gasteiger partial charge in [-0.2, -0.15) is 0 Å². The van der Waals surface area contributed by atoms with Crippen molar-refractivity contribution in [1.82, 2.24) is 25.8 Å². The molecule has 8 heteroatoms. The maximum atomic E-state index is 14.4. The first-order valence-corrected chi connectivity index (χ1v) is 13.9. The number of hydrogen-bond donors (Lipinski definition) is 3. The molecule has 0 aromatic heterocycles. The maximum absolute atomic E-state index is 14.4. The van der Waals surface area contributed by atoms with Crippen LogP contribution >= 0.6 is 0 Å². The van der Waals surface area contributed by atoms with Crippen LogP contribution in [0.3, 0.4) is 0 Å². The van der Waals surface area contributed by atoms with Crippen molar-refractivity contribution < 1.29 is 14.0 Å². The first-order valence-electron chi connectivity index (χ1n) is 13.9. The van der Waals surface area contributed by atoms with Crippen LogP contribution in [0.5, 0.6) is 0 Å². The Kier molecular flexibility index (Phi) is 7.76. The predicted octanol–water partition coefficient (Wildman–Crippen LogP) is 1.67. The van der Waals surface area contributed by atoms with Crippen LogP contribution in [0.2, 0.25) is 0 Å². The SMILES string of the molecule is CC1CCC(F)C2CC(C(=O)NC3CCCC(N4CCN(C(=O)C5CCCNC5)CC4)C3)NC12. The minimum absolute atomic E-state index is 0.0120. The molecule has 3 heterocycles. The number of fused-ring (bicyclic) bond motifs is 1. The van der Waals surface area contributed by atoms with Crippen molar-refractivity contribution in [2.75, 3.05) is 39.3 Å². The predicted molar refractivity (Wildman–Crippen MR) is 130 cm³/mol. The van der Waals surface area contributed by atoms with Gasteiger partial charge < -0.3 is 20.9 Å². The molecule has 0 radical (unpaired) electrons. The third kappa shape index (κ3) is 5.29. The number of amides is 2. The number of nitrogens with one attached hydrogen (secondary N) is 3. The zero-order valence-corrected chi connectivity index (χ0v) is 20.8. The second kappa shape index (κ2) is 10.8. The average molecular weight is 478 g/mol. The lowest BCUT2D eigenvalue weighted by Crippen LogP contribution is -2.56. The van der Waals surface area contributed by atoms with Crippen molar-refractivity contribution in [2.24, 2.45) is 17.8 Å². The van der Waals surface area contributed by atoms with Gasteiger partial charge in [0.1, 0.15) is 6.17 Å². The van der Waals surface area contributed by atoms with Crippen molar-refractivity contribution >= 4 is 11.8 Å². The van der Waals surface area contributed by atoms with E-state index in [0.29, 0.717) is 30.7 Å². The third-order valence-corrected chi connectivity index (χ3v) is 9.44. The van der Waals surface area contributed by atoms with E-state index in [9.17, 15) is 14.0 Å². The highest BCUT2D eigenvalue weighted by atomic mass is 19.1.